The standard InChI is InChI=1S/C9H16N4O2/c1-7(2)6-15-9(14)8-5-13(4-3-10)12-11-8/h5,7H,3-4,6,10H2,1-2H3. The molecular weight excluding hydrogens is 196 g/mol. The summed E-state index contributed by atoms with van der Waals surface area (Å²) in [4.78, 5) is 11.4. The molecular formula is C9H16N4O2. The van der Waals surface area contributed by atoms with Crippen LogP contribution < -0.4 is 5.73 Å². The van der Waals surface area contributed by atoms with Gasteiger partial charge in [-0.2, -0.15) is 0 Å². The van der Waals surface area contributed by atoms with Crippen LogP contribution in [0.25, 0.3) is 0 Å². The Kier molecular flexibility index (Phi) is 4.23. The van der Waals surface area contributed by atoms with Gasteiger partial charge in [0.1, 0.15) is 0 Å². The van der Waals surface area contributed by atoms with Crippen LogP contribution in [0.2, 0.25) is 0 Å². The van der Waals surface area contributed by atoms with E-state index >= 15 is 0 Å². The topological polar surface area (TPSA) is 83.0 Å². The molecule has 1 aromatic rings. The summed E-state index contributed by atoms with van der Waals surface area (Å²) in [5.41, 5.74) is 5.57. The molecule has 0 unspecified atom stereocenters. The van der Waals surface area contributed by atoms with Gasteiger partial charge in [0, 0.05) is 6.54 Å². The van der Waals surface area contributed by atoms with Crippen LogP contribution in [0.15, 0.2) is 6.20 Å². The SMILES string of the molecule is CC(C)COC(=O)c1cn(CCN)nn1. The highest BCUT2D eigenvalue weighted by Crippen LogP contribution is 1.99. The molecule has 6 heteroatoms. The largest absolute Gasteiger partial charge is 0.461 e. The Morgan fingerprint density at radius 2 is 2.40 bits per heavy atom. The lowest BCUT2D eigenvalue weighted by Crippen LogP contribution is -2.11. The van der Waals surface area contributed by atoms with E-state index in [-0.39, 0.29) is 5.69 Å². The number of hydrogen-bond donors (Lipinski definition) is 1. The highest BCUT2D eigenvalue weighted by atomic mass is 16.5. The van der Waals surface area contributed by atoms with Gasteiger partial charge in [0.15, 0.2) is 5.69 Å². The number of ether oxygens (including phenoxy) is 1. The van der Waals surface area contributed by atoms with Crippen LogP contribution in [0.3, 0.4) is 0 Å². The summed E-state index contributed by atoms with van der Waals surface area (Å²) in [5.74, 6) is -0.125. The molecule has 1 aromatic heterocycles. The molecule has 0 fully saturated rings. The van der Waals surface area contributed by atoms with Gasteiger partial charge in [0.05, 0.1) is 19.3 Å². The van der Waals surface area contributed by atoms with Crippen molar-refractivity contribution >= 4 is 5.97 Å². The molecule has 84 valence electrons. The molecule has 1 heterocycles. The van der Waals surface area contributed by atoms with Gasteiger partial charge >= 0.3 is 5.97 Å². The molecule has 0 spiro atoms. The summed E-state index contributed by atoms with van der Waals surface area (Å²) in [6.45, 7) is 5.34. The number of carbonyl (C=O) groups excluding carboxylic acids is 1. The summed E-state index contributed by atoms with van der Waals surface area (Å²) in [7, 11) is 0. The molecule has 0 aliphatic carbocycles. The Balaban J connectivity index is 2.50. The average Bonchev–Trinajstić information content (AvgIpc) is 2.63. The maximum absolute atomic E-state index is 11.4. The normalized spacial score (nSPS) is 10.7. The maximum Gasteiger partial charge on any atom is 0.360 e. The maximum atomic E-state index is 11.4. The van der Waals surface area contributed by atoms with E-state index in [0.717, 1.165) is 0 Å². The number of nitrogens with two attached hydrogens (primary N) is 1. The predicted molar refractivity (Wildman–Crippen MR) is 54.2 cm³/mol. The number of rotatable bonds is 5. The van der Waals surface area contributed by atoms with Gasteiger partial charge in [0.2, 0.25) is 0 Å². The van der Waals surface area contributed by atoms with Gasteiger partial charge < -0.3 is 10.5 Å². The summed E-state index contributed by atoms with van der Waals surface area (Å²) in [6.07, 6.45) is 1.54. The second-order valence-electron chi connectivity index (χ2n) is 3.65. The highest BCUT2D eigenvalue weighted by molar-refractivity contribution is 5.86. The Labute approximate surface area is 88.4 Å². The number of esters is 1. The molecule has 0 radical (unpaired) electrons. The fourth-order valence-electron chi connectivity index (χ4n) is 0.950. The first-order valence-corrected chi connectivity index (χ1v) is 4.90. The average molecular weight is 212 g/mol. The zero-order chi connectivity index (χ0) is 11.3. The molecule has 0 aliphatic rings. The monoisotopic (exact) mass is 212 g/mol. The predicted octanol–water partition coefficient (Wildman–Crippen LogP) is 0.0496. The minimum atomic E-state index is -0.438. The first kappa shape index (κ1) is 11.6. The molecule has 0 aliphatic heterocycles. The second kappa shape index (κ2) is 5.45. The van der Waals surface area contributed by atoms with Gasteiger partial charge in [-0.1, -0.05) is 19.1 Å². The molecule has 0 atom stereocenters. The van der Waals surface area contributed by atoms with Crippen LogP contribution in [0.1, 0.15) is 24.3 Å². The fraction of sp³-hybridized carbons (Fsp3) is 0.667. The fourth-order valence-corrected chi connectivity index (χ4v) is 0.950. The van der Waals surface area contributed by atoms with E-state index in [1.165, 1.54) is 10.9 Å². The van der Waals surface area contributed by atoms with Crippen LogP contribution in [-0.2, 0) is 11.3 Å². The molecule has 0 amide bonds. The van der Waals surface area contributed by atoms with E-state index in [4.69, 9.17) is 10.5 Å². The van der Waals surface area contributed by atoms with Crippen molar-refractivity contribution in [1.82, 2.24) is 15.0 Å². The molecule has 1 rings (SSSR count). The van der Waals surface area contributed by atoms with Crippen molar-refractivity contribution in [1.29, 1.82) is 0 Å². The summed E-state index contributed by atoms with van der Waals surface area (Å²) < 4.78 is 6.51. The van der Waals surface area contributed by atoms with Crippen LogP contribution in [0, 0.1) is 5.92 Å². The highest BCUT2D eigenvalue weighted by Gasteiger charge is 2.12. The van der Waals surface area contributed by atoms with Crippen LogP contribution in [0.4, 0.5) is 0 Å². The van der Waals surface area contributed by atoms with E-state index < -0.39 is 5.97 Å². The van der Waals surface area contributed by atoms with Gasteiger partial charge in [-0.15, -0.1) is 5.10 Å². The van der Waals surface area contributed by atoms with Crippen LogP contribution in [0.5, 0.6) is 0 Å². The van der Waals surface area contributed by atoms with Crippen molar-refractivity contribution in [3.63, 3.8) is 0 Å². The lowest BCUT2D eigenvalue weighted by atomic mass is 10.2. The molecule has 2 N–H and O–H groups in total. The molecule has 0 bridgehead atoms. The zero-order valence-corrected chi connectivity index (χ0v) is 9.01. The van der Waals surface area contributed by atoms with Crippen LogP contribution in [-0.4, -0.2) is 34.1 Å². The summed E-state index contributed by atoms with van der Waals surface area (Å²) >= 11 is 0. The smallest absolute Gasteiger partial charge is 0.360 e. The molecule has 0 saturated heterocycles. The molecule has 6 nitrogen and oxygen atoms in total. The van der Waals surface area contributed by atoms with E-state index in [2.05, 4.69) is 10.3 Å². The van der Waals surface area contributed by atoms with E-state index in [1.54, 1.807) is 0 Å². The third kappa shape index (κ3) is 3.67. The van der Waals surface area contributed by atoms with Crippen molar-refractivity contribution in [2.24, 2.45) is 11.7 Å². The summed E-state index contributed by atoms with van der Waals surface area (Å²) in [5, 5.41) is 7.44. The molecule has 0 saturated carbocycles. The number of aromatic nitrogens is 3. The Hall–Kier alpha value is -1.43. The molecule has 15 heavy (non-hydrogen) atoms. The van der Waals surface area contributed by atoms with Crippen molar-refractivity contribution in [3.05, 3.63) is 11.9 Å². The Bertz CT molecular complexity index is 322. The minimum Gasteiger partial charge on any atom is -0.461 e. The van der Waals surface area contributed by atoms with Gasteiger partial charge in [-0.25, -0.2) is 4.79 Å². The van der Waals surface area contributed by atoms with E-state index in [9.17, 15) is 4.79 Å². The number of hydrogen-bond acceptors (Lipinski definition) is 5. The van der Waals surface area contributed by atoms with Gasteiger partial charge in [0.25, 0.3) is 0 Å². The summed E-state index contributed by atoms with van der Waals surface area (Å²) in [6, 6.07) is 0. The lowest BCUT2D eigenvalue weighted by molar-refractivity contribution is 0.0452. The van der Waals surface area contributed by atoms with Crippen molar-refractivity contribution in [2.45, 2.75) is 20.4 Å². The lowest BCUT2D eigenvalue weighted by Gasteiger charge is -2.04. The van der Waals surface area contributed by atoms with Crippen molar-refractivity contribution in [3.8, 4) is 0 Å². The molecule has 0 aromatic carbocycles. The quantitative estimate of drug-likeness (QED) is 0.697. The zero-order valence-electron chi connectivity index (χ0n) is 9.01. The first-order valence-electron chi connectivity index (χ1n) is 4.90. The van der Waals surface area contributed by atoms with Crippen LogP contribution >= 0.6 is 0 Å². The minimum absolute atomic E-state index is 0.226. The first-order chi connectivity index (χ1) is 7.13. The third-order valence-corrected chi connectivity index (χ3v) is 1.65. The van der Waals surface area contributed by atoms with E-state index in [0.29, 0.717) is 25.6 Å². The third-order valence-electron chi connectivity index (χ3n) is 1.65. The Morgan fingerprint density at radius 1 is 1.67 bits per heavy atom. The number of carbonyl (C=O) groups is 1. The van der Waals surface area contributed by atoms with Gasteiger partial charge in [-0.3, -0.25) is 4.68 Å². The van der Waals surface area contributed by atoms with E-state index in [1.807, 2.05) is 13.8 Å². The second-order valence-corrected chi connectivity index (χ2v) is 3.65. The Morgan fingerprint density at radius 3 is 3.00 bits per heavy atom. The van der Waals surface area contributed by atoms with Gasteiger partial charge in [-0.05, 0) is 5.92 Å². The van der Waals surface area contributed by atoms with Crippen molar-refractivity contribution in [2.75, 3.05) is 13.2 Å². The van der Waals surface area contributed by atoms with Crippen molar-refractivity contribution < 1.29 is 9.53 Å². The number of nitrogens with zero attached hydrogens (tertiary/aromatic N) is 3.